The molecule has 0 radical (unpaired) electrons. The Balaban J connectivity index is -0.000000233. The summed E-state index contributed by atoms with van der Waals surface area (Å²) in [6, 6.07) is 0.331. The number of allylic oxidation sites excluding steroid dienone is 4. The highest BCUT2D eigenvalue weighted by Crippen LogP contribution is 2.19. The first kappa shape index (κ1) is 42.2. The summed E-state index contributed by atoms with van der Waals surface area (Å²) in [6.45, 7) is 7.94. The Morgan fingerprint density at radius 3 is 2.03 bits per heavy atom. The van der Waals surface area contributed by atoms with Gasteiger partial charge in [0.25, 0.3) is 0 Å². The van der Waals surface area contributed by atoms with Crippen LogP contribution in [0.5, 0.6) is 0 Å². The van der Waals surface area contributed by atoms with Gasteiger partial charge in [0.2, 0.25) is 6.41 Å². The van der Waals surface area contributed by atoms with E-state index in [-0.39, 0.29) is 18.1 Å². The number of nitrogens with one attached hydrogen (secondary N) is 2. The molecule has 0 spiro atoms. The molecule has 0 rings (SSSR count). The fourth-order valence-corrected chi connectivity index (χ4v) is 1.90. The first-order chi connectivity index (χ1) is 18.0. The number of rotatable bonds is 18. The zero-order chi connectivity index (χ0) is 30.4. The molecule has 0 fully saturated rings. The lowest BCUT2D eigenvalue weighted by Crippen LogP contribution is -2.20. The molecule has 1 amide bonds. The van der Waals surface area contributed by atoms with Crippen LogP contribution in [-0.4, -0.2) is 83.1 Å². The molecule has 0 aliphatic heterocycles. The summed E-state index contributed by atoms with van der Waals surface area (Å²) in [5, 5.41) is 12.5. The van der Waals surface area contributed by atoms with E-state index in [1.54, 1.807) is 0 Å². The van der Waals surface area contributed by atoms with Crippen LogP contribution in [0.25, 0.3) is 0 Å². The Morgan fingerprint density at radius 2 is 1.63 bits per heavy atom. The number of amides is 1. The second kappa shape index (κ2) is 32.1. The maximum absolute atomic E-state index is 12.8. The van der Waals surface area contributed by atoms with Gasteiger partial charge in [0.15, 0.2) is 23.7 Å². The van der Waals surface area contributed by atoms with E-state index in [0.717, 1.165) is 26.1 Å². The topological polar surface area (TPSA) is 131 Å². The lowest BCUT2D eigenvalue weighted by atomic mass is 10.0. The highest BCUT2D eigenvalue weighted by atomic mass is 19.2. The standard InChI is InChI=1S/C10H19NO3.C9H8F4O2.C5H11NO.CH4O/c1-9(2)14-6-4-10(7-12)3-5-11-8-13;1-6(15-3-2-14)9(13)8(12)4-7(11)5-10;1-5(6-2)3-4-7;1-2/h7-10H,3-6H2,1-2H3,(H,11,13);2,4H,1,3,5H2;4-6H,3H2,1-2H3;2H,1H3/b;7-4+,9-8-;;. The molecule has 0 aromatic carbocycles. The average Bonchev–Trinajstić information content (AvgIpc) is 2.92. The SMILES string of the molecule is C=C(OCC=O)/C(F)=C(F)\C=C(\F)CF.CC(C)OCCC(C=O)CCNC=O.CNC(C)CC=O.CO. The van der Waals surface area contributed by atoms with Gasteiger partial charge < -0.3 is 34.8 Å². The zero-order valence-electron chi connectivity index (χ0n) is 22.7. The number of carbonyl (C=O) groups excluding carboxylic acids is 4. The molecule has 0 saturated heterocycles. The van der Waals surface area contributed by atoms with E-state index in [2.05, 4.69) is 21.9 Å². The van der Waals surface area contributed by atoms with Gasteiger partial charge in [-0.1, -0.05) is 6.58 Å². The van der Waals surface area contributed by atoms with Crippen molar-refractivity contribution < 1.29 is 51.3 Å². The van der Waals surface area contributed by atoms with E-state index in [9.17, 15) is 36.7 Å². The molecule has 2 unspecified atom stereocenters. The van der Waals surface area contributed by atoms with Crippen molar-refractivity contribution in [2.75, 3.05) is 40.6 Å². The fraction of sp³-hybridized carbons (Fsp3) is 0.600. The minimum absolute atomic E-state index is 0.0128. The molecule has 3 N–H and O–H groups in total. The molecule has 0 aromatic heterocycles. The molecule has 38 heavy (non-hydrogen) atoms. The van der Waals surface area contributed by atoms with E-state index in [0.29, 0.717) is 44.7 Å². The van der Waals surface area contributed by atoms with Gasteiger partial charge in [-0.2, -0.15) is 4.39 Å². The van der Waals surface area contributed by atoms with E-state index in [1.807, 2.05) is 27.8 Å². The second-order valence-corrected chi connectivity index (χ2v) is 7.34. The summed E-state index contributed by atoms with van der Waals surface area (Å²) in [5.74, 6) is -5.48. The second-order valence-electron chi connectivity index (χ2n) is 7.34. The number of hydrogen-bond acceptors (Lipinski definition) is 8. The van der Waals surface area contributed by atoms with Crippen LogP contribution in [0.1, 0.15) is 40.0 Å². The van der Waals surface area contributed by atoms with Crippen molar-refractivity contribution in [1.82, 2.24) is 10.6 Å². The smallest absolute Gasteiger partial charge is 0.207 e. The summed E-state index contributed by atoms with van der Waals surface area (Å²) in [7, 11) is 2.84. The van der Waals surface area contributed by atoms with Gasteiger partial charge in [0, 0.05) is 44.7 Å². The third-order valence-corrected chi connectivity index (χ3v) is 4.01. The monoisotopic (exact) mass is 558 g/mol. The van der Waals surface area contributed by atoms with Crippen LogP contribution in [0.15, 0.2) is 35.9 Å². The molecule has 0 aliphatic carbocycles. The maximum Gasteiger partial charge on any atom is 0.207 e. The molecule has 0 bridgehead atoms. The quantitative estimate of drug-likeness (QED) is 0.0769. The van der Waals surface area contributed by atoms with Crippen LogP contribution in [0, 0.1) is 5.92 Å². The predicted octanol–water partition coefficient (Wildman–Crippen LogP) is 3.23. The van der Waals surface area contributed by atoms with Crippen molar-refractivity contribution in [2.45, 2.75) is 52.2 Å². The van der Waals surface area contributed by atoms with Crippen LogP contribution < -0.4 is 10.6 Å². The van der Waals surface area contributed by atoms with E-state index >= 15 is 0 Å². The Kier molecular flexibility index (Phi) is 35.7. The van der Waals surface area contributed by atoms with Gasteiger partial charge >= 0.3 is 0 Å². The van der Waals surface area contributed by atoms with Crippen LogP contribution >= 0.6 is 0 Å². The van der Waals surface area contributed by atoms with Crippen molar-refractivity contribution in [3.05, 3.63) is 35.9 Å². The van der Waals surface area contributed by atoms with Crippen LogP contribution in [0.3, 0.4) is 0 Å². The summed E-state index contributed by atoms with van der Waals surface area (Å²) >= 11 is 0. The summed E-state index contributed by atoms with van der Waals surface area (Å²) in [4.78, 5) is 40.1. The normalized spacial score (nSPS) is 12.4. The number of aldehydes is 3. The number of alkyl halides is 1. The molecule has 9 nitrogen and oxygen atoms in total. The summed E-state index contributed by atoms with van der Waals surface area (Å²) in [5.41, 5.74) is 0. The molecule has 0 saturated carbocycles. The van der Waals surface area contributed by atoms with Gasteiger partial charge in [-0.15, -0.1) is 0 Å². The minimum Gasteiger partial charge on any atom is -0.484 e. The van der Waals surface area contributed by atoms with Gasteiger partial charge in [-0.05, 0) is 40.7 Å². The van der Waals surface area contributed by atoms with Crippen molar-refractivity contribution in [3.63, 3.8) is 0 Å². The number of aliphatic hydroxyl groups excluding tert-OH is 1. The fourth-order valence-electron chi connectivity index (χ4n) is 1.90. The number of ether oxygens (including phenoxy) is 2. The molecule has 0 aliphatic rings. The highest BCUT2D eigenvalue weighted by Gasteiger charge is 2.10. The molecule has 13 heteroatoms. The van der Waals surface area contributed by atoms with Crippen LogP contribution in [-0.2, 0) is 28.7 Å². The average molecular weight is 559 g/mol. The van der Waals surface area contributed by atoms with Crippen molar-refractivity contribution in [3.8, 4) is 0 Å². The Labute approximate surface area is 222 Å². The molecule has 2 atom stereocenters. The van der Waals surface area contributed by atoms with E-state index < -0.39 is 36.5 Å². The first-order valence-electron chi connectivity index (χ1n) is 11.6. The largest absolute Gasteiger partial charge is 0.484 e. The molecule has 0 aromatic rings. The maximum atomic E-state index is 12.8. The van der Waals surface area contributed by atoms with Gasteiger partial charge in [0.1, 0.15) is 31.7 Å². The molecule has 0 heterocycles. The predicted molar refractivity (Wildman–Crippen MR) is 137 cm³/mol. The van der Waals surface area contributed by atoms with Crippen molar-refractivity contribution >= 4 is 25.3 Å². The van der Waals surface area contributed by atoms with Gasteiger partial charge in [0.05, 0.1) is 6.10 Å². The number of halogens is 4. The lowest BCUT2D eigenvalue weighted by Gasteiger charge is -2.11. The van der Waals surface area contributed by atoms with Gasteiger partial charge in [-0.3, -0.25) is 9.59 Å². The Hall–Kier alpha value is -2.90. The Morgan fingerprint density at radius 1 is 1.03 bits per heavy atom. The van der Waals surface area contributed by atoms with Crippen molar-refractivity contribution in [1.29, 1.82) is 0 Å². The minimum atomic E-state index is -1.65. The lowest BCUT2D eigenvalue weighted by molar-refractivity contribution is -0.113. The summed E-state index contributed by atoms with van der Waals surface area (Å²) < 4.78 is 58.9. The van der Waals surface area contributed by atoms with E-state index in [4.69, 9.17) is 9.84 Å². The molecular weight excluding hydrogens is 516 g/mol. The van der Waals surface area contributed by atoms with Crippen molar-refractivity contribution in [2.24, 2.45) is 5.92 Å². The number of aliphatic hydroxyl groups is 1. The van der Waals surface area contributed by atoms with Crippen LogP contribution in [0.4, 0.5) is 17.6 Å². The molecular formula is C25H42F4N2O7. The highest BCUT2D eigenvalue weighted by molar-refractivity contribution is 5.53. The number of hydrogen-bond donors (Lipinski definition) is 3. The van der Waals surface area contributed by atoms with E-state index in [1.165, 1.54) is 0 Å². The van der Waals surface area contributed by atoms with Gasteiger partial charge in [-0.25, -0.2) is 13.2 Å². The number of carbonyl (C=O) groups is 4. The third-order valence-electron chi connectivity index (χ3n) is 4.01. The van der Waals surface area contributed by atoms with Crippen LogP contribution in [0.2, 0.25) is 0 Å². The first-order valence-corrected chi connectivity index (χ1v) is 11.6. The summed E-state index contributed by atoms with van der Waals surface area (Å²) in [6.07, 6.45) is 5.04. The zero-order valence-corrected chi connectivity index (χ0v) is 22.7. The molecule has 222 valence electrons. The Bertz CT molecular complexity index is 691. The third kappa shape index (κ3) is 31.1.